The number of methoxy groups -OCH3 is 2. The van der Waals surface area contributed by atoms with Crippen LogP contribution in [-0.4, -0.2) is 49.2 Å². The maximum atomic E-state index is 12.3. The number of ether oxygens (including phenoxy) is 2. The summed E-state index contributed by atoms with van der Waals surface area (Å²) in [6.07, 6.45) is 9.01. The molecule has 0 atom stereocenters. The third kappa shape index (κ3) is 5.79. The van der Waals surface area contributed by atoms with E-state index in [1.807, 2.05) is 0 Å². The molecular weight excluding hydrogens is 332 g/mol. The number of nitrogens with zero attached hydrogens (tertiary/aromatic N) is 2. The number of hydrogen-bond donors (Lipinski definition) is 2. The van der Waals surface area contributed by atoms with Crippen molar-refractivity contribution in [3.05, 3.63) is 11.9 Å². The maximum absolute atomic E-state index is 12.3. The summed E-state index contributed by atoms with van der Waals surface area (Å²) in [5.41, 5.74) is 0.229. The van der Waals surface area contributed by atoms with Gasteiger partial charge in [0.1, 0.15) is 6.33 Å². The summed E-state index contributed by atoms with van der Waals surface area (Å²) in [5.74, 6) is 0.138. The lowest BCUT2D eigenvalue weighted by Crippen LogP contribution is -2.37. The Kier molecular flexibility index (Phi) is 9.41. The van der Waals surface area contributed by atoms with Crippen molar-refractivity contribution >= 4 is 18.3 Å². The Labute approximate surface area is 149 Å². The summed E-state index contributed by atoms with van der Waals surface area (Å²) in [5, 5.41) is 6.38. The van der Waals surface area contributed by atoms with Crippen molar-refractivity contribution in [3.63, 3.8) is 0 Å². The van der Waals surface area contributed by atoms with E-state index in [0.717, 1.165) is 6.54 Å². The number of carbonyl (C=O) groups is 1. The van der Waals surface area contributed by atoms with Crippen LogP contribution >= 0.6 is 12.4 Å². The molecule has 1 fully saturated rings. The second-order valence-corrected chi connectivity index (χ2v) is 5.67. The highest BCUT2D eigenvalue weighted by molar-refractivity contribution is 5.98. The minimum absolute atomic E-state index is 0. The minimum Gasteiger partial charge on any atom is -0.480 e. The average molecular weight is 359 g/mol. The van der Waals surface area contributed by atoms with Gasteiger partial charge >= 0.3 is 0 Å². The summed E-state index contributed by atoms with van der Waals surface area (Å²) in [6, 6.07) is 0.568. The third-order valence-corrected chi connectivity index (χ3v) is 4.09. The molecule has 0 spiro atoms. The van der Waals surface area contributed by atoms with E-state index in [2.05, 4.69) is 20.6 Å². The van der Waals surface area contributed by atoms with Crippen molar-refractivity contribution in [2.24, 2.45) is 0 Å². The lowest BCUT2D eigenvalue weighted by Gasteiger charge is -2.16. The average Bonchev–Trinajstić information content (AvgIpc) is 2.86. The maximum Gasteiger partial charge on any atom is 0.262 e. The Hall–Kier alpha value is -1.60. The largest absolute Gasteiger partial charge is 0.480 e. The first kappa shape index (κ1) is 20.4. The van der Waals surface area contributed by atoms with Crippen LogP contribution in [0.1, 0.15) is 48.9 Å². The molecule has 0 aromatic carbocycles. The molecule has 1 aliphatic carbocycles. The molecule has 0 saturated heterocycles. The summed E-state index contributed by atoms with van der Waals surface area (Å²) in [6.45, 7) is 1.28. The monoisotopic (exact) mass is 358 g/mol. The first-order valence-corrected chi connectivity index (χ1v) is 8.20. The lowest BCUT2D eigenvalue weighted by molar-refractivity contribution is 0.0945. The van der Waals surface area contributed by atoms with Crippen LogP contribution in [0.25, 0.3) is 0 Å². The second kappa shape index (κ2) is 11.0. The zero-order valence-electron chi connectivity index (χ0n) is 14.3. The molecule has 0 aliphatic heterocycles. The molecular formula is C16H27ClN4O3. The minimum atomic E-state index is -0.290. The fraction of sp³-hybridized carbons (Fsp3) is 0.688. The molecule has 1 aliphatic rings. The molecule has 7 nitrogen and oxygen atoms in total. The molecule has 1 amide bonds. The molecule has 2 N–H and O–H groups in total. The molecule has 1 aromatic heterocycles. The molecule has 2 rings (SSSR count). The van der Waals surface area contributed by atoms with Crippen LogP contribution in [0.5, 0.6) is 11.8 Å². The Morgan fingerprint density at radius 3 is 2.21 bits per heavy atom. The number of halogens is 1. The first-order valence-electron chi connectivity index (χ1n) is 8.20. The van der Waals surface area contributed by atoms with Gasteiger partial charge in [0.05, 0.1) is 14.2 Å². The molecule has 136 valence electrons. The van der Waals surface area contributed by atoms with Crippen molar-refractivity contribution in [1.82, 2.24) is 20.6 Å². The van der Waals surface area contributed by atoms with Crippen LogP contribution < -0.4 is 20.1 Å². The van der Waals surface area contributed by atoms with E-state index in [1.54, 1.807) is 0 Å². The van der Waals surface area contributed by atoms with Crippen LogP contribution in [0.3, 0.4) is 0 Å². The topological polar surface area (TPSA) is 85.4 Å². The third-order valence-electron chi connectivity index (χ3n) is 4.09. The SMILES string of the molecule is COc1ncnc(OC)c1C(=O)NCCNC1CCCCCC1.Cl. The van der Waals surface area contributed by atoms with Gasteiger partial charge in [-0.3, -0.25) is 4.79 Å². The van der Waals surface area contributed by atoms with Gasteiger partial charge in [-0.05, 0) is 12.8 Å². The van der Waals surface area contributed by atoms with Crippen molar-refractivity contribution in [2.45, 2.75) is 44.6 Å². The number of rotatable bonds is 7. The Morgan fingerprint density at radius 2 is 1.67 bits per heavy atom. The summed E-state index contributed by atoms with van der Waals surface area (Å²) >= 11 is 0. The van der Waals surface area contributed by atoms with E-state index >= 15 is 0 Å². The number of carbonyl (C=O) groups excluding carboxylic acids is 1. The Morgan fingerprint density at radius 1 is 1.08 bits per heavy atom. The van der Waals surface area contributed by atoms with E-state index in [-0.39, 0.29) is 35.6 Å². The van der Waals surface area contributed by atoms with E-state index in [0.29, 0.717) is 12.6 Å². The van der Waals surface area contributed by atoms with Gasteiger partial charge in [-0.25, -0.2) is 9.97 Å². The molecule has 8 heteroatoms. The van der Waals surface area contributed by atoms with Gasteiger partial charge in [-0.1, -0.05) is 25.7 Å². The van der Waals surface area contributed by atoms with Crippen molar-refractivity contribution in [3.8, 4) is 11.8 Å². The van der Waals surface area contributed by atoms with Crippen LogP contribution in [-0.2, 0) is 0 Å². The predicted molar refractivity (Wildman–Crippen MR) is 94.2 cm³/mol. The summed E-state index contributed by atoms with van der Waals surface area (Å²) < 4.78 is 10.2. The van der Waals surface area contributed by atoms with Crippen LogP contribution in [0.4, 0.5) is 0 Å². The van der Waals surface area contributed by atoms with E-state index in [1.165, 1.54) is 59.1 Å². The molecule has 1 aromatic rings. The smallest absolute Gasteiger partial charge is 0.262 e. The lowest BCUT2D eigenvalue weighted by atomic mass is 10.1. The molecule has 0 unspecified atom stereocenters. The second-order valence-electron chi connectivity index (χ2n) is 5.67. The molecule has 1 saturated carbocycles. The zero-order chi connectivity index (χ0) is 16.5. The number of amides is 1. The van der Waals surface area contributed by atoms with Crippen molar-refractivity contribution in [2.75, 3.05) is 27.3 Å². The van der Waals surface area contributed by atoms with Gasteiger partial charge in [0.2, 0.25) is 11.8 Å². The van der Waals surface area contributed by atoms with E-state index < -0.39 is 0 Å². The van der Waals surface area contributed by atoms with E-state index in [9.17, 15) is 4.79 Å². The van der Waals surface area contributed by atoms with Gasteiger partial charge in [0.25, 0.3) is 5.91 Å². The normalized spacial score (nSPS) is 15.1. The fourth-order valence-corrected chi connectivity index (χ4v) is 2.88. The number of aromatic nitrogens is 2. The Balaban J connectivity index is 0.00000288. The van der Waals surface area contributed by atoms with Gasteiger partial charge in [0.15, 0.2) is 5.56 Å². The first-order chi connectivity index (χ1) is 11.3. The predicted octanol–water partition coefficient (Wildman–Crippen LogP) is 1.96. The molecule has 24 heavy (non-hydrogen) atoms. The quantitative estimate of drug-likeness (QED) is 0.572. The highest BCUT2D eigenvalue weighted by Gasteiger charge is 2.20. The Bertz CT molecular complexity index is 486. The highest BCUT2D eigenvalue weighted by Crippen LogP contribution is 2.22. The van der Waals surface area contributed by atoms with Crippen LogP contribution in [0, 0.1) is 0 Å². The van der Waals surface area contributed by atoms with E-state index in [4.69, 9.17) is 9.47 Å². The molecule has 0 bridgehead atoms. The fourth-order valence-electron chi connectivity index (χ4n) is 2.88. The van der Waals surface area contributed by atoms with Crippen molar-refractivity contribution < 1.29 is 14.3 Å². The summed E-state index contributed by atoms with van der Waals surface area (Å²) in [4.78, 5) is 20.2. The van der Waals surface area contributed by atoms with Crippen LogP contribution in [0.15, 0.2) is 6.33 Å². The van der Waals surface area contributed by atoms with Gasteiger partial charge in [-0.2, -0.15) is 0 Å². The number of nitrogens with one attached hydrogen (secondary N) is 2. The van der Waals surface area contributed by atoms with Crippen LogP contribution in [0.2, 0.25) is 0 Å². The highest BCUT2D eigenvalue weighted by atomic mass is 35.5. The molecule has 1 heterocycles. The standard InChI is InChI=1S/C16H26N4O3.ClH/c1-22-15-13(16(23-2)20-11-19-15)14(21)18-10-9-17-12-7-5-3-4-6-8-12;/h11-12,17H,3-10H2,1-2H3,(H,18,21);1H. The van der Waals surface area contributed by atoms with Crippen molar-refractivity contribution in [1.29, 1.82) is 0 Å². The zero-order valence-corrected chi connectivity index (χ0v) is 15.2. The van der Waals surface area contributed by atoms with Gasteiger partial charge in [-0.15, -0.1) is 12.4 Å². The van der Waals surface area contributed by atoms with Gasteiger partial charge in [0, 0.05) is 19.1 Å². The summed E-state index contributed by atoms with van der Waals surface area (Å²) in [7, 11) is 2.93. The number of hydrogen-bond acceptors (Lipinski definition) is 6. The molecule has 0 radical (unpaired) electrons. The van der Waals surface area contributed by atoms with Gasteiger partial charge < -0.3 is 20.1 Å².